The minimum Gasteiger partial charge on any atom is -0.361 e. The van der Waals surface area contributed by atoms with E-state index in [2.05, 4.69) is 22.2 Å². The molecule has 0 bridgehead atoms. The minimum atomic E-state index is 0.603. The fraction of sp³-hybridized carbons (Fsp3) is 0.455. The lowest BCUT2D eigenvalue weighted by molar-refractivity contribution is 0.667. The lowest BCUT2D eigenvalue weighted by Gasteiger charge is -2.04. The van der Waals surface area contributed by atoms with Crippen molar-refractivity contribution in [2.24, 2.45) is 4.99 Å². The standard InChI is InChI=1S/C11H15N3S/c1-2-10-8-15-11(14-10)13-7-9-3-5-12-6-4-9/h3-6,10H,2,7-8H2,1H3,(H,13,14). The Balaban J connectivity index is 1.90. The van der Waals surface area contributed by atoms with Gasteiger partial charge in [0.2, 0.25) is 0 Å². The van der Waals surface area contributed by atoms with Crippen LogP contribution in [0.4, 0.5) is 0 Å². The number of pyridine rings is 1. The molecule has 0 aromatic carbocycles. The maximum atomic E-state index is 4.53. The summed E-state index contributed by atoms with van der Waals surface area (Å²) in [6.45, 7) is 2.94. The number of hydrogen-bond acceptors (Lipinski definition) is 3. The van der Waals surface area contributed by atoms with Gasteiger partial charge in [0.05, 0.1) is 6.54 Å². The Hall–Kier alpha value is -1.03. The third kappa shape index (κ3) is 2.96. The molecule has 1 fully saturated rings. The number of rotatable bonds is 3. The highest BCUT2D eigenvalue weighted by molar-refractivity contribution is 8.14. The van der Waals surface area contributed by atoms with E-state index in [1.807, 2.05) is 23.9 Å². The molecule has 0 saturated carbocycles. The van der Waals surface area contributed by atoms with Crippen LogP contribution in [0.5, 0.6) is 0 Å². The molecule has 3 nitrogen and oxygen atoms in total. The van der Waals surface area contributed by atoms with Crippen molar-refractivity contribution in [3.05, 3.63) is 30.1 Å². The number of amidine groups is 1. The summed E-state index contributed by atoms with van der Waals surface area (Å²) in [7, 11) is 0. The average molecular weight is 221 g/mol. The summed E-state index contributed by atoms with van der Waals surface area (Å²) in [5.41, 5.74) is 1.21. The van der Waals surface area contributed by atoms with Crippen LogP contribution in [0.3, 0.4) is 0 Å². The Morgan fingerprint density at radius 3 is 3.00 bits per heavy atom. The quantitative estimate of drug-likeness (QED) is 0.849. The predicted octanol–water partition coefficient (Wildman–Crippen LogP) is 2.05. The van der Waals surface area contributed by atoms with Crippen molar-refractivity contribution in [3.8, 4) is 0 Å². The summed E-state index contributed by atoms with van der Waals surface area (Å²) in [6.07, 6.45) is 4.78. The van der Waals surface area contributed by atoms with Crippen LogP contribution in [0.25, 0.3) is 0 Å². The van der Waals surface area contributed by atoms with Gasteiger partial charge in [-0.3, -0.25) is 9.98 Å². The molecule has 1 unspecified atom stereocenters. The minimum absolute atomic E-state index is 0.603. The van der Waals surface area contributed by atoms with E-state index in [0.717, 1.165) is 17.5 Å². The van der Waals surface area contributed by atoms with Gasteiger partial charge in [-0.25, -0.2) is 0 Å². The molecule has 1 aromatic heterocycles. The van der Waals surface area contributed by atoms with Crippen LogP contribution >= 0.6 is 11.8 Å². The Labute approximate surface area is 94.4 Å². The van der Waals surface area contributed by atoms with Crippen LogP contribution in [-0.2, 0) is 6.54 Å². The fourth-order valence-corrected chi connectivity index (χ4v) is 2.48. The van der Waals surface area contributed by atoms with E-state index in [-0.39, 0.29) is 0 Å². The van der Waals surface area contributed by atoms with Gasteiger partial charge in [0.1, 0.15) is 0 Å². The van der Waals surface area contributed by atoms with Gasteiger partial charge in [0, 0.05) is 24.2 Å². The highest BCUT2D eigenvalue weighted by Crippen LogP contribution is 2.16. The first-order valence-electron chi connectivity index (χ1n) is 5.21. The zero-order valence-corrected chi connectivity index (χ0v) is 9.63. The van der Waals surface area contributed by atoms with Crippen molar-refractivity contribution in [3.63, 3.8) is 0 Å². The highest BCUT2D eigenvalue weighted by atomic mass is 32.2. The Bertz CT molecular complexity index is 337. The van der Waals surface area contributed by atoms with Crippen molar-refractivity contribution >= 4 is 16.9 Å². The molecule has 2 heterocycles. The largest absolute Gasteiger partial charge is 0.361 e. The third-order valence-electron chi connectivity index (χ3n) is 2.40. The maximum Gasteiger partial charge on any atom is 0.157 e. The topological polar surface area (TPSA) is 37.3 Å². The first-order chi connectivity index (χ1) is 7.38. The molecule has 1 N–H and O–H groups in total. The van der Waals surface area contributed by atoms with Crippen LogP contribution in [0.2, 0.25) is 0 Å². The van der Waals surface area contributed by atoms with E-state index >= 15 is 0 Å². The summed E-state index contributed by atoms with van der Waals surface area (Å²) in [5, 5.41) is 4.49. The maximum absolute atomic E-state index is 4.53. The van der Waals surface area contributed by atoms with Crippen molar-refractivity contribution in [1.82, 2.24) is 10.3 Å². The number of hydrogen-bond donors (Lipinski definition) is 1. The first-order valence-corrected chi connectivity index (χ1v) is 6.19. The Morgan fingerprint density at radius 1 is 1.53 bits per heavy atom. The molecule has 1 aliphatic rings. The van der Waals surface area contributed by atoms with Crippen molar-refractivity contribution < 1.29 is 0 Å². The lowest BCUT2D eigenvalue weighted by Crippen LogP contribution is -2.25. The van der Waals surface area contributed by atoms with Gasteiger partial charge in [0.15, 0.2) is 5.17 Å². The number of thioether (sulfide) groups is 1. The molecule has 1 atom stereocenters. The highest BCUT2D eigenvalue weighted by Gasteiger charge is 2.17. The lowest BCUT2D eigenvalue weighted by atomic mass is 10.3. The summed E-state index contributed by atoms with van der Waals surface area (Å²) >= 11 is 1.82. The van der Waals surface area contributed by atoms with E-state index in [9.17, 15) is 0 Å². The summed E-state index contributed by atoms with van der Waals surface area (Å²) in [5.74, 6) is 1.14. The van der Waals surface area contributed by atoms with E-state index in [1.165, 1.54) is 12.0 Å². The zero-order valence-electron chi connectivity index (χ0n) is 8.81. The second-order valence-electron chi connectivity index (χ2n) is 3.54. The van der Waals surface area contributed by atoms with Crippen LogP contribution in [0.1, 0.15) is 18.9 Å². The predicted molar refractivity (Wildman–Crippen MR) is 65.0 cm³/mol. The van der Waals surface area contributed by atoms with Gasteiger partial charge in [0.25, 0.3) is 0 Å². The Kier molecular flexibility index (Phi) is 3.61. The van der Waals surface area contributed by atoms with Crippen LogP contribution < -0.4 is 5.32 Å². The van der Waals surface area contributed by atoms with E-state index in [1.54, 1.807) is 12.4 Å². The summed E-state index contributed by atoms with van der Waals surface area (Å²) < 4.78 is 0. The summed E-state index contributed by atoms with van der Waals surface area (Å²) in [4.78, 5) is 8.51. The molecule has 0 aliphatic carbocycles. The van der Waals surface area contributed by atoms with E-state index < -0.39 is 0 Å². The second-order valence-corrected chi connectivity index (χ2v) is 4.55. The summed E-state index contributed by atoms with van der Waals surface area (Å²) in [6, 6.07) is 4.60. The van der Waals surface area contributed by atoms with Crippen LogP contribution in [-0.4, -0.2) is 21.9 Å². The normalized spacial score (nSPS) is 23.0. The molecular weight excluding hydrogens is 206 g/mol. The molecule has 0 amide bonds. The molecule has 1 aromatic rings. The molecule has 4 heteroatoms. The van der Waals surface area contributed by atoms with Gasteiger partial charge in [-0.2, -0.15) is 0 Å². The van der Waals surface area contributed by atoms with Gasteiger partial charge in [-0.15, -0.1) is 0 Å². The Morgan fingerprint density at radius 2 is 2.33 bits per heavy atom. The SMILES string of the molecule is CCC1CSC(=NCc2ccncc2)N1. The van der Waals surface area contributed by atoms with Gasteiger partial charge < -0.3 is 5.32 Å². The van der Waals surface area contributed by atoms with Gasteiger partial charge in [-0.1, -0.05) is 18.7 Å². The van der Waals surface area contributed by atoms with Crippen molar-refractivity contribution in [2.45, 2.75) is 25.9 Å². The number of nitrogens with one attached hydrogen (secondary N) is 1. The number of aliphatic imine (C=N–C) groups is 1. The average Bonchev–Trinajstić information content (AvgIpc) is 2.76. The molecule has 0 spiro atoms. The third-order valence-corrected chi connectivity index (χ3v) is 3.49. The van der Waals surface area contributed by atoms with Crippen molar-refractivity contribution in [1.29, 1.82) is 0 Å². The molecule has 1 saturated heterocycles. The number of aromatic nitrogens is 1. The molecule has 80 valence electrons. The smallest absolute Gasteiger partial charge is 0.157 e. The first kappa shape index (κ1) is 10.5. The number of nitrogens with zero attached hydrogens (tertiary/aromatic N) is 2. The monoisotopic (exact) mass is 221 g/mol. The van der Waals surface area contributed by atoms with E-state index in [0.29, 0.717) is 6.04 Å². The zero-order chi connectivity index (χ0) is 10.5. The molecule has 1 aliphatic heterocycles. The second kappa shape index (κ2) is 5.16. The fourth-order valence-electron chi connectivity index (χ4n) is 1.40. The van der Waals surface area contributed by atoms with Gasteiger partial charge in [-0.05, 0) is 24.1 Å². The van der Waals surface area contributed by atoms with Gasteiger partial charge >= 0.3 is 0 Å². The molecule has 2 rings (SSSR count). The molecule has 0 radical (unpaired) electrons. The molecule has 15 heavy (non-hydrogen) atoms. The van der Waals surface area contributed by atoms with Crippen molar-refractivity contribution in [2.75, 3.05) is 5.75 Å². The van der Waals surface area contributed by atoms with E-state index in [4.69, 9.17) is 0 Å². The molecular formula is C11H15N3S. The van der Waals surface area contributed by atoms with Crippen LogP contribution in [0.15, 0.2) is 29.5 Å². The van der Waals surface area contributed by atoms with Crippen LogP contribution in [0, 0.1) is 0 Å².